The van der Waals surface area contributed by atoms with Crippen molar-refractivity contribution in [2.24, 2.45) is 0 Å². The molecule has 1 unspecified atom stereocenters. The fourth-order valence-electron chi connectivity index (χ4n) is 1.75. The smallest absolute Gasteiger partial charge is 0.255 e. The highest BCUT2D eigenvalue weighted by Gasteiger charge is 2.15. The number of hydrogen-bond donors (Lipinski definition) is 3. The van der Waals surface area contributed by atoms with Crippen LogP contribution in [0, 0.1) is 0 Å². The zero-order chi connectivity index (χ0) is 13.7. The number of carbonyl (C=O) groups is 1. The first-order chi connectivity index (χ1) is 9.22. The molecule has 6 nitrogen and oxygen atoms in total. The third kappa shape index (κ3) is 3.09. The lowest BCUT2D eigenvalue weighted by Crippen LogP contribution is -2.27. The number of amides is 1. The van der Waals surface area contributed by atoms with Gasteiger partial charge in [0.15, 0.2) is 0 Å². The lowest BCUT2D eigenvalue weighted by atomic mass is 10.1. The molecule has 19 heavy (non-hydrogen) atoms. The molecule has 0 aliphatic rings. The zero-order valence-corrected chi connectivity index (χ0v) is 11.0. The van der Waals surface area contributed by atoms with Crippen LogP contribution < -0.4 is 10.6 Å². The standard InChI is InChI=1S/C13H17N5O/c1-3-14-12-11(5-4-6-15-12)13(19)18-9(2)10-7-16-17-8-10/h4-9H,3H2,1-2H3,(H,14,15)(H,16,17)(H,18,19). The predicted octanol–water partition coefficient (Wildman–Crippen LogP) is 1.73. The second kappa shape index (κ2) is 5.99. The quantitative estimate of drug-likeness (QED) is 0.763. The van der Waals surface area contributed by atoms with E-state index in [0.717, 1.165) is 5.56 Å². The van der Waals surface area contributed by atoms with E-state index >= 15 is 0 Å². The molecule has 0 aromatic carbocycles. The van der Waals surface area contributed by atoms with Crippen molar-refractivity contribution in [1.29, 1.82) is 0 Å². The molecule has 2 rings (SSSR count). The summed E-state index contributed by atoms with van der Waals surface area (Å²) in [6.45, 7) is 4.59. The van der Waals surface area contributed by atoms with Crippen LogP contribution in [0.25, 0.3) is 0 Å². The molecule has 1 amide bonds. The maximum Gasteiger partial charge on any atom is 0.255 e. The molecule has 0 aliphatic heterocycles. The summed E-state index contributed by atoms with van der Waals surface area (Å²) in [5.41, 5.74) is 1.47. The molecule has 2 aromatic rings. The normalized spacial score (nSPS) is 11.9. The second-order valence-corrected chi connectivity index (χ2v) is 4.16. The topological polar surface area (TPSA) is 82.7 Å². The Bertz CT molecular complexity index is 538. The van der Waals surface area contributed by atoms with Crippen molar-refractivity contribution in [2.45, 2.75) is 19.9 Å². The zero-order valence-electron chi connectivity index (χ0n) is 11.0. The number of H-pyrrole nitrogens is 1. The number of anilines is 1. The summed E-state index contributed by atoms with van der Waals surface area (Å²) in [6.07, 6.45) is 5.12. The van der Waals surface area contributed by atoms with Gasteiger partial charge in [-0.15, -0.1) is 0 Å². The van der Waals surface area contributed by atoms with E-state index in [4.69, 9.17) is 0 Å². The van der Waals surface area contributed by atoms with Crippen LogP contribution in [0.15, 0.2) is 30.7 Å². The van der Waals surface area contributed by atoms with Crippen LogP contribution in [0.4, 0.5) is 5.82 Å². The third-order valence-corrected chi connectivity index (χ3v) is 2.76. The van der Waals surface area contributed by atoms with Crippen molar-refractivity contribution in [3.8, 4) is 0 Å². The van der Waals surface area contributed by atoms with Crippen LogP contribution in [-0.2, 0) is 0 Å². The van der Waals surface area contributed by atoms with Crippen LogP contribution in [0.3, 0.4) is 0 Å². The number of hydrogen-bond acceptors (Lipinski definition) is 4. The molecule has 0 radical (unpaired) electrons. The van der Waals surface area contributed by atoms with Crippen molar-refractivity contribution in [1.82, 2.24) is 20.5 Å². The van der Waals surface area contributed by atoms with Gasteiger partial charge in [0.25, 0.3) is 5.91 Å². The largest absolute Gasteiger partial charge is 0.370 e. The highest BCUT2D eigenvalue weighted by molar-refractivity contribution is 5.98. The van der Waals surface area contributed by atoms with Gasteiger partial charge in [-0.2, -0.15) is 5.10 Å². The molecule has 3 N–H and O–H groups in total. The molecule has 1 atom stereocenters. The summed E-state index contributed by atoms with van der Waals surface area (Å²) in [5.74, 6) is 0.444. The number of aromatic amines is 1. The lowest BCUT2D eigenvalue weighted by Gasteiger charge is -2.14. The minimum atomic E-state index is -0.155. The minimum Gasteiger partial charge on any atom is -0.370 e. The summed E-state index contributed by atoms with van der Waals surface area (Å²) in [5, 5.41) is 12.6. The van der Waals surface area contributed by atoms with E-state index in [1.807, 2.05) is 13.8 Å². The Kier molecular flexibility index (Phi) is 4.12. The average Bonchev–Trinajstić information content (AvgIpc) is 2.93. The van der Waals surface area contributed by atoms with E-state index in [1.54, 1.807) is 30.7 Å². The fourth-order valence-corrected chi connectivity index (χ4v) is 1.75. The van der Waals surface area contributed by atoms with Gasteiger partial charge in [-0.25, -0.2) is 4.98 Å². The van der Waals surface area contributed by atoms with E-state index in [-0.39, 0.29) is 11.9 Å². The minimum absolute atomic E-state index is 0.110. The monoisotopic (exact) mass is 259 g/mol. The summed E-state index contributed by atoms with van der Waals surface area (Å²) < 4.78 is 0. The lowest BCUT2D eigenvalue weighted by molar-refractivity contribution is 0.0940. The van der Waals surface area contributed by atoms with Gasteiger partial charge in [0, 0.05) is 24.5 Å². The van der Waals surface area contributed by atoms with Crippen molar-refractivity contribution in [3.63, 3.8) is 0 Å². The number of pyridine rings is 1. The number of rotatable bonds is 5. The van der Waals surface area contributed by atoms with Gasteiger partial charge in [0.05, 0.1) is 17.8 Å². The molecule has 0 bridgehead atoms. The Hall–Kier alpha value is -2.37. The fraction of sp³-hybridized carbons (Fsp3) is 0.308. The molecule has 0 fully saturated rings. The Morgan fingerprint density at radius 2 is 2.37 bits per heavy atom. The Morgan fingerprint density at radius 1 is 1.53 bits per heavy atom. The molecule has 0 saturated heterocycles. The van der Waals surface area contributed by atoms with E-state index in [1.165, 1.54) is 0 Å². The SMILES string of the molecule is CCNc1ncccc1C(=O)NC(C)c1cn[nH]c1. The predicted molar refractivity (Wildman–Crippen MR) is 72.9 cm³/mol. The first-order valence-corrected chi connectivity index (χ1v) is 6.20. The number of aromatic nitrogens is 3. The molecule has 6 heteroatoms. The Balaban J connectivity index is 2.11. The molecule has 0 aliphatic carbocycles. The van der Waals surface area contributed by atoms with Gasteiger partial charge >= 0.3 is 0 Å². The van der Waals surface area contributed by atoms with E-state index in [9.17, 15) is 4.79 Å². The Labute approximate surface area is 111 Å². The van der Waals surface area contributed by atoms with Crippen LogP contribution in [0.5, 0.6) is 0 Å². The average molecular weight is 259 g/mol. The second-order valence-electron chi connectivity index (χ2n) is 4.16. The van der Waals surface area contributed by atoms with E-state index < -0.39 is 0 Å². The van der Waals surface area contributed by atoms with Gasteiger partial charge in [0.1, 0.15) is 5.82 Å². The van der Waals surface area contributed by atoms with Crippen LogP contribution >= 0.6 is 0 Å². The van der Waals surface area contributed by atoms with Gasteiger partial charge in [-0.1, -0.05) is 0 Å². The van der Waals surface area contributed by atoms with Crippen LogP contribution in [0.1, 0.15) is 35.8 Å². The summed E-state index contributed by atoms with van der Waals surface area (Å²) in [4.78, 5) is 16.4. The van der Waals surface area contributed by atoms with Gasteiger partial charge in [0.2, 0.25) is 0 Å². The molecular weight excluding hydrogens is 242 g/mol. The van der Waals surface area contributed by atoms with Crippen LogP contribution in [-0.4, -0.2) is 27.6 Å². The molecule has 2 aromatic heterocycles. The Morgan fingerprint density at radius 3 is 3.05 bits per heavy atom. The number of carbonyl (C=O) groups excluding carboxylic acids is 1. The molecule has 0 saturated carbocycles. The van der Waals surface area contributed by atoms with Crippen LogP contribution in [0.2, 0.25) is 0 Å². The summed E-state index contributed by atoms with van der Waals surface area (Å²) in [6, 6.07) is 3.39. The maximum atomic E-state index is 12.2. The van der Waals surface area contributed by atoms with Gasteiger partial charge in [-0.05, 0) is 26.0 Å². The van der Waals surface area contributed by atoms with E-state index in [0.29, 0.717) is 17.9 Å². The first kappa shape index (κ1) is 13.1. The molecule has 100 valence electrons. The molecule has 0 spiro atoms. The van der Waals surface area contributed by atoms with Crippen molar-refractivity contribution in [2.75, 3.05) is 11.9 Å². The maximum absolute atomic E-state index is 12.2. The molecular formula is C13H17N5O. The molecule has 2 heterocycles. The number of nitrogens with one attached hydrogen (secondary N) is 3. The highest BCUT2D eigenvalue weighted by Crippen LogP contribution is 2.14. The summed E-state index contributed by atoms with van der Waals surface area (Å²) in [7, 11) is 0. The van der Waals surface area contributed by atoms with Gasteiger partial charge in [-0.3, -0.25) is 9.89 Å². The highest BCUT2D eigenvalue weighted by atomic mass is 16.1. The van der Waals surface area contributed by atoms with Crippen molar-refractivity contribution in [3.05, 3.63) is 41.9 Å². The van der Waals surface area contributed by atoms with Crippen molar-refractivity contribution < 1.29 is 4.79 Å². The first-order valence-electron chi connectivity index (χ1n) is 6.20. The van der Waals surface area contributed by atoms with Gasteiger partial charge < -0.3 is 10.6 Å². The third-order valence-electron chi connectivity index (χ3n) is 2.76. The number of nitrogens with zero attached hydrogens (tertiary/aromatic N) is 2. The van der Waals surface area contributed by atoms with E-state index in [2.05, 4.69) is 25.8 Å². The summed E-state index contributed by atoms with van der Waals surface area (Å²) >= 11 is 0. The van der Waals surface area contributed by atoms with Crippen molar-refractivity contribution >= 4 is 11.7 Å².